The molecule has 4 rings (SSSR count). The molecule has 3 nitrogen and oxygen atoms in total. The number of para-hydroxylation sites is 1. The van der Waals surface area contributed by atoms with E-state index in [2.05, 4.69) is 5.32 Å². The zero-order valence-electron chi connectivity index (χ0n) is 14.7. The summed E-state index contributed by atoms with van der Waals surface area (Å²) >= 11 is 0. The highest BCUT2D eigenvalue weighted by atomic mass is 19.4. The van der Waals surface area contributed by atoms with Crippen LogP contribution in [0.4, 0.5) is 13.2 Å². The van der Waals surface area contributed by atoms with Gasteiger partial charge in [-0.2, -0.15) is 13.2 Å². The van der Waals surface area contributed by atoms with Crippen molar-refractivity contribution >= 4 is 5.91 Å². The fourth-order valence-electron chi connectivity index (χ4n) is 3.66. The smallest absolute Gasteiger partial charge is 0.417 e. The van der Waals surface area contributed by atoms with E-state index in [1.807, 2.05) is 6.07 Å². The van der Waals surface area contributed by atoms with Gasteiger partial charge in [-0.05, 0) is 30.0 Å². The number of halogens is 3. The van der Waals surface area contributed by atoms with Gasteiger partial charge in [-0.25, -0.2) is 0 Å². The second-order valence-electron chi connectivity index (χ2n) is 7.15. The molecule has 1 aliphatic carbocycles. The molecular weight excluding hydrogens is 355 g/mol. The normalized spacial score (nSPS) is 19.1. The molecule has 1 N–H and O–H groups in total. The van der Waals surface area contributed by atoms with Gasteiger partial charge in [0.1, 0.15) is 11.9 Å². The minimum absolute atomic E-state index is 0.0449. The van der Waals surface area contributed by atoms with Crippen molar-refractivity contribution in [3.8, 4) is 16.9 Å². The third-order valence-electron chi connectivity index (χ3n) is 5.33. The van der Waals surface area contributed by atoms with E-state index in [9.17, 15) is 18.0 Å². The van der Waals surface area contributed by atoms with E-state index in [1.54, 1.807) is 18.2 Å². The van der Waals surface area contributed by atoms with Gasteiger partial charge in [0.15, 0.2) is 0 Å². The van der Waals surface area contributed by atoms with Gasteiger partial charge in [-0.3, -0.25) is 4.79 Å². The van der Waals surface area contributed by atoms with Crippen LogP contribution in [0.15, 0.2) is 42.5 Å². The van der Waals surface area contributed by atoms with Crippen molar-refractivity contribution in [2.24, 2.45) is 5.92 Å². The Morgan fingerprint density at radius 1 is 1.07 bits per heavy atom. The van der Waals surface area contributed by atoms with Crippen molar-refractivity contribution in [3.63, 3.8) is 0 Å². The molecular formula is C21H20F3NO2. The van der Waals surface area contributed by atoms with Crippen molar-refractivity contribution in [2.75, 3.05) is 6.54 Å². The summed E-state index contributed by atoms with van der Waals surface area (Å²) in [7, 11) is 0. The van der Waals surface area contributed by atoms with Gasteiger partial charge in [0.25, 0.3) is 0 Å². The number of benzene rings is 2. The number of hydrogen-bond donors (Lipinski definition) is 1. The highest BCUT2D eigenvalue weighted by molar-refractivity contribution is 5.79. The lowest BCUT2D eigenvalue weighted by molar-refractivity contribution is -0.137. The summed E-state index contributed by atoms with van der Waals surface area (Å²) in [5.74, 6) is 0.628. The summed E-state index contributed by atoms with van der Waals surface area (Å²) in [6.07, 6.45) is -1.18. The molecule has 1 aliphatic heterocycles. The number of rotatable bonds is 4. The third kappa shape index (κ3) is 3.53. The second-order valence-corrected chi connectivity index (χ2v) is 7.15. The van der Waals surface area contributed by atoms with Gasteiger partial charge >= 0.3 is 6.18 Å². The minimum Gasteiger partial charge on any atom is -0.487 e. The molecule has 2 aromatic carbocycles. The third-order valence-corrected chi connectivity index (χ3v) is 5.33. The van der Waals surface area contributed by atoms with E-state index < -0.39 is 11.7 Å². The molecule has 2 aromatic rings. The van der Waals surface area contributed by atoms with Crippen molar-refractivity contribution in [1.82, 2.24) is 5.32 Å². The van der Waals surface area contributed by atoms with Crippen LogP contribution in [0.5, 0.6) is 5.75 Å². The maximum absolute atomic E-state index is 13.4. The van der Waals surface area contributed by atoms with Crippen molar-refractivity contribution in [3.05, 3.63) is 53.6 Å². The van der Waals surface area contributed by atoms with Gasteiger partial charge in [0, 0.05) is 17.9 Å². The number of ether oxygens (including phenoxy) is 1. The molecule has 0 aromatic heterocycles. The van der Waals surface area contributed by atoms with Gasteiger partial charge < -0.3 is 10.1 Å². The van der Waals surface area contributed by atoms with E-state index in [4.69, 9.17) is 4.74 Å². The van der Waals surface area contributed by atoms with Gasteiger partial charge in [0.2, 0.25) is 5.91 Å². The number of fused-ring (bicyclic) bond motifs is 1. The molecule has 1 atom stereocenters. The Balaban J connectivity index is 1.55. The van der Waals surface area contributed by atoms with Crippen LogP contribution in [-0.4, -0.2) is 18.6 Å². The average Bonchev–Trinajstić information content (AvgIpc) is 3.01. The Morgan fingerprint density at radius 3 is 2.52 bits per heavy atom. The average molecular weight is 375 g/mol. The lowest BCUT2D eigenvalue weighted by Gasteiger charge is -2.24. The molecule has 1 saturated carbocycles. The highest BCUT2D eigenvalue weighted by Gasteiger charge is 2.35. The molecule has 2 aliphatic rings. The summed E-state index contributed by atoms with van der Waals surface area (Å²) in [4.78, 5) is 12.0. The van der Waals surface area contributed by atoms with Crippen molar-refractivity contribution in [2.45, 2.75) is 38.0 Å². The van der Waals surface area contributed by atoms with E-state index >= 15 is 0 Å². The molecule has 1 amide bonds. The summed E-state index contributed by atoms with van der Waals surface area (Å²) in [5, 5.41) is 2.91. The topological polar surface area (TPSA) is 38.3 Å². The number of carbonyl (C=O) groups is 1. The number of carbonyl (C=O) groups excluding carboxylic acids is 1. The van der Waals surface area contributed by atoms with Gasteiger partial charge in [0.05, 0.1) is 12.1 Å². The number of amides is 1. The Hall–Kier alpha value is -2.50. The lowest BCUT2D eigenvalue weighted by atomic mass is 9.85. The zero-order valence-corrected chi connectivity index (χ0v) is 14.7. The molecule has 6 heteroatoms. The molecule has 142 valence electrons. The Bertz CT molecular complexity index is 859. The van der Waals surface area contributed by atoms with E-state index in [0.717, 1.165) is 30.9 Å². The molecule has 0 spiro atoms. The lowest BCUT2D eigenvalue weighted by Crippen LogP contribution is -2.40. The minimum atomic E-state index is -4.44. The van der Waals surface area contributed by atoms with Crippen LogP contribution < -0.4 is 10.1 Å². The quantitative estimate of drug-likeness (QED) is 0.849. The van der Waals surface area contributed by atoms with Crippen LogP contribution in [0.1, 0.15) is 30.4 Å². The first-order chi connectivity index (χ1) is 12.9. The SMILES string of the molecule is O=C(NC[C@H]1Cc2cccc(-c3ccccc3C(F)(F)F)c2O1)C1CCC1. The number of nitrogens with one attached hydrogen (secondary N) is 1. The summed E-state index contributed by atoms with van der Waals surface area (Å²) < 4.78 is 46.2. The molecule has 0 unspecified atom stereocenters. The fourth-order valence-corrected chi connectivity index (χ4v) is 3.66. The van der Waals surface area contributed by atoms with Crippen LogP contribution >= 0.6 is 0 Å². The largest absolute Gasteiger partial charge is 0.487 e. The van der Waals surface area contributed by atoms with Crippen molar-refractivity contribution < 1.29 is 22.7 Å². The Morgan fingerprint density at radius 2 is 1.81 bits per heavy atom. The van der Waals surface area contributed by atoms with Gasteiger partial charge in [-0.15, -0.1) is 0 Å². The van der Waals surface area contributed by atoms with E-state index in [-0.39, 0.29) is 23.5 Å². The zero-order chi connectivity index (χ0) is 19.0. The highest BCUT2D eigenvalue weighted by Crippen LogP contribution is 2.43. The first-order valence-corrected chi connectivity index (χ1v) is 9.16. The van der Waals surface area contributed by atoms with E-state index in [1.165, 1.54) is 12.1 Å². The molecule has 0 saturated heterocycles. The molecule has 1 fully saturated rings. The molecule has 0 bridgehead atoms. The van der Waals surface area contributed by atoms with Crippen LogP contribution in [-0.2, 0) is 17.4 Å². The van der Waals surface area contributed by atoms with Crippen LogP contribution in [0.2, 0.25) is 0 Å². The maximum Gasteiger partial charge on any atom is 0.417 e. The predicted molar refractivity (Wildman–Crippen MR) is 95.4 cm³/mol. The van der Waals surface area contributed by atoms with Crippen LogP contribution in [0, 0.1) is 5.92 Å². The molecule has 1 heterocycles. The fraction of sp³-hybridized carbons (Fsp3) is 0.381. The second kappa shape index (κ2) is 6.91. The summed E-state index contributed by atoms with van der Waals surface area (Å²) in [6, 6.07) is 10.8. The number of alkyl halides is 3. The predicted octanol–water partition coefficient (Wildman–Crippen LogP) is 4.59. The molecule has 0 radical (unpaired) electrons. The number of hydrogen-bond acceptors (Lipinski definition) is 2. The van der Waals surface area contributed by atoms with Crippen LogP contribution in [0.3, 0.4) is 0 Å². The first kappa shape index (κ1) is 17.9. The van der Waals surface area contributed by atoms with Gasteiger partial charge in [-0.1, -0.05) is 42.8 Å². The summed E-state index contributed by atoms with van der Waals surface area (Å²) in [5.41, 5.74) is 0.741. The molecule has 27 heavy (non-hydrogen) atoms. The van der Waals surface area contributed by atoms with E-state index in [0.29, 0.717) is 24.3 Å². The van der Waals surface area contributed by atoms with Crippen LogP contribution in [0.25, 0.3) is 11.1 Å². The Labute approximate surface area is 155 Å². The standard InChI is InChI=1S/C21H20F3NO2/c22-21(23,24)18-10-2-1-8-16(18)17-9-4-7-14-11-15(27-19(14)17)12-25-20(26)13-5-3-6-13/h1-2,4,7-10,13,15H,3,5-6,11-12H2,(H,25,26)/t15-/m1/s1. The Kier molecular flexibility index (Phi) is 4.58. The maximum atomic E-state index is 13.4. The summed E-state index contributed by atoms with van der Waals surface area (Å²) in [6.45, 7) is 0.365. The van der Waals surface area contributed by atoms with Crippen molar-refractivity contribution in [1.29, 1.82) is 0 Å². The first-order valence-electron chi connectivity index (χ1n) is 9.16. The monoisotopic (exact) mass is 375 g/mol.